The maximum Gasteiger partial charge on any atom is 0.335 e. The van der Waals surface area contributed by atoms with Gasteiger partial charge >= 0.3 is 5.97 Å². The zero-order valence-electron chi connectivity index (χ0n) is 10.6. The molecule has 0 bridgehead atoms. The van der Waals surface area contributed by atoms with Crippen LogP contribution in [-0.2, 0) is 0 Å². The molecule has 2 rings (SSSR count). The van der Waals surface area contributed by atoms with Crippen LogP contribution in [0.25, 0.3) is 0 Å². The number of carboxylic acids is 1. The molecule has 2 aromatic carbocycles. The van der Waals surface area contributed by atoms with Crippen molar-refractivity contribution in [1.29, 1.82) is 0 Å². The second kappa shape index (κ2) is 5.88. The number of nitrogens with zero attached hydrogens (tertiary/aromatic N) is 1. The normalized spacial score (nSPS) is 10.9. The van der Waals surface area contributed by atoms with Crippen molar-refractivity contribution in [3.05, 3.63) is 57.6 Å². The molecular formula is C15H11BrNO3-. The lowest BCUT2D eigenvalue weighted by Crippen LogP contribution is -1.97. The number of carbonyl (C=O) groups is 1. The third-order valence-corrected chi connectivity index (χ3v) is 3.25. The minimum Gasteiger partial charge on any atom is -0.872 e. The van der Waals surface area contributed by atoms with Gasteiger partial charge < -0.3 is 10.2 Å². The summed E-state index contributed by atoms with van der Waals surface area (Å²) in [5.74, 6) is -1.09. The minimum absolute atomic E-state index is 0.114. The Morgan fingerprint density at radius 3 is 2.70 bits per heavy atom. The summed E-state index contributed by atoms with van der Waals surface area (Å²) in [4.78, 5) is 15.1. The highest BCUT2D eigenvalue weighted by Crippen LogP contribution is 2.22. The largest absolute Gasteiger partial charge is 0.872 e. The van der Waals surface area contributed by atoms with E-state index in [-0.39, 0.29) is 11.3 Å². The summed E-state index contributed by atoms with van der Waals surface area (Å²) < 4.78 is 0.802. The van der Waals surface area contributed by atoms with Crippen LogP contribution in [0.1, 0.15) is 21.5 Å². The molecule has 0 aromatic heterocycles. The average molecular weight is 333 g/mol. The smallest absolute Gasteiger partial charge is 0.335 e. The Hall–Kier alpha value is -2.14. The highest BCUT2D eigenvalue weighted by Gasteiger charge is 2.04. The third-order valence-electron chi connectivity index (χ3n) is 2.76. The molecule has 5 heteroatoms. The van der Waals surface area contributed by atoms with Gasteiger partial charge in [-0.05, 0) is 48.4 Å². The second-order valence-corrected chi connectivity index (χ2v) is 5.16. The van der Waals surface area contributed by atoms with Gasteiger partial charge in [0, 0.05) is 10.7 Å². The lowest BCUT2D eigenvalue weighted by molar-refractivity contribution is -0.268. The lowest BCUT2D eigenvalue weighted by Gasteiger charge is -2.09. The van der Waals surface area contributed by atoms with E-state index >= 15 is 0 Å². The van der Waals surface area contributed by atoms with Crippen molar-refractivity contribution in [1.82, 2.24) is 0 Å². The molecule has 0 radical (unpaired) electrons. The topological polar surface area (TPSA) is 72.7 Å². The van der Waals surface area contributed by atoms with Crippen LogP contribution in [0.4, 0.5) is 5.69 Å². The van der Waals surface area contributed by atoms with Crippen LogP contribution in [0.3, 0.4) is 0 Å². The third kappa shape index (κ3) is 3.24. The molecule has 0 aliphatic rings. The number of carboxylic acid groups (broad SMARTS) is 1. The molecule has 4 nitrogen and oxygen atoms in total. The number of halogens is 1. The van der Waals surface area contributed by atoms with Crippen LogP contribution in [0.2, 0.25) is 0 Å². The average Bonchev–Trinajstić information content (AvgIpc) is 2.40. The van der Waals surface area contributed by atoms with Gasteiger partial charge in [0.05, 0.1) is 11.3 Å². The van der Waals surface area contributed by atoms with Crippen LogP contribution < -0.4 is 5.11 Å². The first-order valence-corrected chi connectivity index (χ1v) is 6.61. The van der Waals surface area contributed by atoms with Gasteiger partial charge in [-0.3, -0.25) is 4.99 Å². The molecule has 0 saturated carbocycles. The predicted octanol–water partition coefficient (Wildman–Crippen LogP) is 3.28. The fraction of sp³-hybridized carbons (Fsp3) is 0.0667. The van der Waals surface area contributed by atoms with Crippen LogP contribution in [0, 0.1) is 6.92 Å². The molecule has 0 fully saturated rings. The number of aryl methyl sites for hydroxylation is 1. The zero-order chi connectivity index (χ0) is 14.7. The summed E-state index contributed by atoms with van der Waals surface area (Å²) in [5.41, 5.74) is 2.06. The highest BCUT2D eigenvalue weighted by molar-refractivity contribution is 9.10. The Morgan fingerprint density at radius 2 is 2.05 bits per heavy atom. The predicted molar refractivity (Wildman–Crippen MR) is 79.0 cm³/mol. The van der Waals surface area contributed by atoms with Gasteiger partial charge in [0.15, 0.2) is 0 Å². The van der Waals surface area contributed by atoms with Gasteiger partial charge in [-0.2, -0.15) is 0 Å². The van der Waals surface area contributed by atoms with E-state index in [1.807, 2.05) is 0 Å². The Bertz CT molecular complexity index is 696. The summed E-state index contributed by atoms with van der Waals surface area (Å²) in [6, 6.07) is 9.48. The molecular weight excluding hydrogens is 322 g/mol. The zero-order valence-corrected chi connectivity index (χ0v) is 12.2. The molecule has 0 saturated heterocycles. The van der Waals surface area contributed by atoms with Crippen molar-refractivity contribution >= 4 is 33.8 Å². The van der Waals surface area contributed by atoms with Gasteiger partial charge in [0.2, 0.25) is 0 Å². The summed E-state index contributed by atoms with van der Waals surface area (Å²) in [6.07, 6.45) is 1.48. The second-order valence-electron chi connectivity index (χ2n) is 4.25. The van der Waals surface area contributed by atoms with Gasteiger partial charge in [0.1, 0.15) is 0 Å². The number of aliphatic imine (C=N–C) groups is 1. The van der Waals surface area contributed by atoms with Crippen LogP contribution >= 0.6 is 15.9 Å². The first-order valence-electron chi connectivity index (χ1n) is 5.82. The molecule has 1 N–H and O–H groups in total. The molecule has 20 heavy (non-hydrogen) atoms. The Morgan fingerprint density at radius 1 is 1.30 bits per heavy atom. The quantitative estimate of drug-likeness (QED) is 0.876. The Balaban J connectivity index is 2.32. The molecule has 0 aliphatic heterocycles. The van der Waals surface area contributed by atoms with E-state index in [9.17, 15) is 9.90 Å². The summed E-state index contributed by atoms with van der Waals surface area (Å²) >= 11 is 3.30. The van der Waals surface area contributed by atoms with E-state index in [2.05, 4.69) is 20.9 Å². The van der Waals surface area contributed by atoms with E-state index < -0.39 is 5.97 Å². The van der Waals surface area contributed by atoms with E-state index in [0.717, 1.165) is 10.0 Å². The van der Waals surface area contributed by atoms with Gasteiger partial charge in [-0.25, -0.2) is 4.79 Å². The standard InChI is InChI=1S/C15H12BrNO3/c1-9-6-10(15(19)20)2-4-13(9)17-8-11-7-12(16)3-5-14(11)18/h2-8,18H,1H3,(H,19,20)/p-1. The molecule has 0 atom stereocenters. The molecule has 0 unspecified atom stereocenters. The Kier molecular flexibility index (Phi) is 4.20. The summed E-state index contributed by atoms with van der Waals surface area (Å²) in [6.45, 7) is 1.78. The maximum atomic E-state index is 11.6. The maximum absolute atomic E-state index is 11.6. The van der Waals surface area contributed by atoms with Gasteiger partial charge in [0.25, 0.3) is 0 Å². The van der Waals surface area contributed by atoms with Gasteiger partial charge in [-0.15, -0.1) is 0 Å². The Labute approximate surface area is 124 Å². The van der Waals surface area contributed by atoms with Crippen molar-refractivity contribution in [2.75, 3.05) is 0 Å². The van der Waals surface area contributed by atoms with Crippen LogP contribution in [-0.4, -0.2) is 17.3 Å². The van der Waals surface area contributed by atoms with Crippen LogP contribution in [0.5, 0.6) is 5.75 Å². The fourth-order valence-electron chi connectivity index (χ4n) is 1.69. The number of aromatic carboxylic acids is 1. The number of hydrogen-bond donors (Lipinski definition) is 1. The first kappa shape index (κ1) is 14.3. The van der Waals surface area contributed by atoms with Crippen LogP contribution in [0.15, 0.2) is 45.9 Å². The van der Waals surface area contributed by atoms with E-state index in [4.69, 9.17) is 5.11 Å². The molecule has 0 heterocycles. The van der Waals surface area contributed by atoms with Crippen molar-refractivity contribution in [3.63, 3.8) is 0 Å². The van der Waals surface area contributed by atoms with Crippen molar-refractivity contribution in [2.45, 2.75) is 6.92 Å². The highest BCUT2D eigenvalue weighted by atomic mass is 79.9. The minimum atomic E-state index is -0.975. The first-order chi connectivity index (χ1) is 9.47. The number of rotatable bonds is 3. The molecule has 0 aliphatic carbocycles. The molecule has 0 spiro atoms. The van der Waals surface area contributed by atoms with Crippen molar-refractivity contribution in [2.24, 2.45) is 4.99 Å². The molecule has 0 amide bonds. The molecule has 102 valence electrons. The monoisotopic (exact) mass is 332 g/mol. The van der Waals surface area contributed by atoms with Crippen molar-refractivity contribution in [3.8, 4) is 5.75 Å². The van der Waals surface area contributed by atoms with E-state index in [1.54, 1.807) is 31.2 Å². The SMILES string of the molecule is Cc1cc(C(=O)O)ccc1N=Cc1cc(Br)ccc1[O-]. The lowest BCUT2D eigenvalue weighted by atomic mass is 10.1. The molecule has 2 aromatic rings. The number of benzene rings is 2. The van der Waals surface area contributed by atoms with Gasteiger partial charge in [-0.1, -0.05) is 27.7 Å². The van der Waals surface area contributed by atoms with E-state index in [0.29, 0.717) is 11.3 Å². The van der Waals surface area contributed by atoms with E-state index in [1.165, 1.54) is 18.3 Å². The summed E-state index contributed by atoms with van der Waals surface area (Å²) in [5, 5.41) is 20.5. The number of hydrogen-bond acceptors (Lipinski definition) is 3. The van der Waals surface area contributed by atoms with Crippen molar-refractivity contribution < 1.29 is 15.0 Å². The summed E-state index contributed by atoms with van der Waals surface area (Å²) in [7, 11) is 0. The fourth-order valence-corrected chi connectivity index (χ4v) is 2.07.